The van der Waals surface area contributed by atoms with Crippen molar-refractivity contribution >= 4 is 39.7 Å². The number of nitrogens with one attached hydrogen (secondary N) is 2. The van der Waals surface area contributed by atoms with Crippen LogP contribution in [-0.2, 0) is 0 Å². The lowest BCUT2D eigenvalue weighted by molar-refractivity contribution is 0.0701. The summed E-state index contributed by atoms with van der Waals surface area (Å²) >= 11 is 1.22. The third-order valence-electron chi connectivity index (χ3n) is 5.85. The summed E-state index contributed by atoms with van der Waals surface area (Å²) in [5, 5.41) is 12.9. The van der Waals surface area contributed by atoms with Crippen LogP contribution in [0.4, 0.5) is 10.1 Å². The lowest BCUT2D eigenvalue weighted by Gasteiger charge is -2.31. The summed E-state index contributed by atoms with van der Waals surface area (Å²) in [5.74, 6) is -0.111. The monoisotopic (exact) mass is 479 g/mol. The minimum Gasteiger partial charge on any atom is -0.497 e. The fraction of sp³-hybridized carbons (Fsp3) is 0.250. The number of halogens is 1. The Balaban J connectivity index is 1.27. The van der Waals surface area contributed by atoms with Gasteiger partial charge in [0.1, 0.15) is 22.3 Å². The minimum absolute atomic E-state index is 0.00652. The van der Waals surface area contributed by atoms with Crippen molar-refractivity contribution in [2.24, 2.45) is 0 Å². The van der Waals surface area contributed by atoms with Crippen LogP contribution in [0, 0.1) is 5.82 Å². The van der Waals surface area contributed by atoms with Gasteiger partial charge in [0.15, 0.2) is 0 Å². The van der Waals surface area contributed by atoms with Gasteiger partial charge in [-0.05, 0) is 55.3 Å². The van der Waals surface area contributed by atoms with Crippen LogP contribution >= 0.6 is 11.3 Å². The molecule has 1 atom stereocenters. The van der Waals surface area contributed by atoms with Crippen molar-refractivity contribution in [3.8, 4) is 5.75 Å². The molecule has 2 amide bonds. The summed E-state index contributed by atoms with van der Waals surface area (Å²) in [6, 6.07) is 13.0. The molecule has 3 heterocycles. The molecule has 0 spiro atoms. The molecule has 0 saturated carbocycles. The highest BCUT2D eigenvalue weighted by atomic mass is 32.1. The number of hydrogen-bond acceptors (Lipinski definition) is 6. The van der Waals surface area contributed by atoms with Crippen LogP contribution in [0.15, 0.2) is 48.5 Å². The number of ether oxygens (including phenoxy) is 1. The van der Waals surface area contributed by atoms with Gasteiger partial charge in [-0.15, -0.1) is 10.2 Å². The Labute approximate surface area is 198 Å². The molecule has 8 nitrogen and oxygen atoms in total. The zero-order chi connectivity index (χ0) is 23.7. The van der Waals surface area contributed by atoms with E-state index in [1.807, 2.05) is 29.2 Å². The molecule has 0 radical (unpaired) electrons. The second-order valence-corrected chi connectivity index (χ2v) is 9.14. The first-order valence-corrected chi connectivity index (χ1v) is 11.7. The van der Waals surface area contributed by atoms with Crippen molar-refractivity contribution in [1.82, 2.24) is 20.1 Å². The molecule has 4 aromatic rings. The molecule has 0 aliphatic carbocycles. The van der Waals surface area contributed by atoms with Crippen molar-refractivity contribution in [2.75, 3.05) is 25.5 Å². The molecule has 0 unspecified atom stereocenters. The fourth-order valence-corrected chi connectivity index (χ4v) is 4.96. The van der Waals surface area contributed by atoms with Crippen LogP contribution in [-0.4, -0.2) is 52.1 Å². The number of piperidine rings is 1. The Morgan fingerprint density at radius 2 is 2.00 bits per heavy atom. The number of amides is 2. The zero-order valence-electron chi connectivity index (χ0n) is 18.4. The van der Waals surface area contributed by atoms with E-state index in [0.717, 1.165) is 34.5 Å². The van der Waals surface area contributed by atoms with Crippen molar-refractivity contribution in [2.45, 2.75) is 18.8 Å². The smallest absolute Gasteiger partial charge is 0.286 e. The largest absolute Gasteiger partial charge is 0.497 e. The third kappa shape index (κ3) is 4.49. The average Bonchev–Trinajstić information content (AvgIpc) is 3.52. The van der Waals surface area contributed by atoms with Gasteiger partial charge in [-0.3, -0.25) is 9.59 Å². The zero-order valence-corrected chi connectivity index (χ0v) is 19.2. The molecule has 1 fully saturated rings. The molecule has 10 heteroatoms. The number of benzene rings is 2. The molecule has 2 N–H and O–H groups in total. The number of anilines is 1. The molecule has 0 bridgehead atoms. The number of likely N-dealkylation sites (tertiary alicyclic amines) is 1. The van der Waals surface area contributed by atoms with Gasteiger partial charge in [0, 0.05) is 41.7 Å². The van der Waals surface area contributed by atoms with Crippen LogP contribution in [0.3, 0.4) is 0 Å². The number of aromatic nitrogens is 3. The Morgan fingerprint density at radius 3 is 2.79 bits per heavy atom. The van der Waals surface area contributed by atoms with E-state index in [-0.39, 0.29) is 22.6 Å². The van der Waals surface area contributed by atoms with E-state index in [1.165, 1.54) is 35.6 Å². The molecule has 2 aromatic heterocycles. The van der Waals surface area contributed by atoms with Crippen molar-refractivity contribution in [1.29, 1.82) is 0 Å². The number of methoxy groups -OCH3 is 1. The minimum atomic E-state index is -0.396. The van der Waals surface area contributed by atoms with E-state index in [9.17, 15) is 14.0 Å². The first kappa shape index (κ1) is 22.0. The molecule has 174 valence electrons. The maximum Gasteiger partial charge on any atom is 0.286 e. The topological polar surface area (TPSA) is 100 Å². The normalized spacial score (nSPS) is 15.9. The van der Waals surface area contributed by atoms with Gasteiger partial charge >= 0.3 is 0 Å². The van der Waals surface area contributed by atoms with Gasteiger partial charge in [0.05, 0.1) is 7.11 Å². The molecule has 5 rings (SSSR count). The Hall–Kier alpha value is -3.79. The van der Waals surface area contributed by atoms with Crippen molar-refractivity contribution in [3.63, 3.8) is 0 Å². The summed E-state index contributed by atoms with van der Waals surface area (Å²) < 4.78 is 18.3. The first-order chi connectivity index (χ1) is 16.5. The van der Waals surface area contributed by atoms with E-state index in [4.69, 9.17) is 4.74 Å². The maximum absolute atomic E-state index is 13.2. The number of carbonyl (C=O) groups excluding carboxylic acids is 2. The summed E-state index contributed by atoms with van der Waals surface area (Å²) in [4.78, 5) is 30.7. The third-order valence-corrected chi connectivity index (χ3v) is 6.94. The van der Waals surface area contributed by atoms with Gasteiger partial charge < -0.3 is 19.9 Å². The quantitative estimate of drug-likeness (QED) is 0.441. The number of nitrogens with zero attached hydrogens (tertiary/aromatic N) is 3. The van der Waals surface area contributed by atoms with E-state index in [0.29, 0.717) is 24.5 Å². The summed E-state index contributed by atoms with van der Waals surface area (Å²) in [6.45, 7) is 1.16. The Bertz CT molecular complexity index is 1350. The lowest BCUT2D eigenvalue weighted by Crippen LogP contribution is -2.39. The number of H-pyrrole nitrogens is 1. The van der Waals surface area contributed by atoms with Crippen LogP contribution < -0.4 is 10.1 Å². The number of carbonyl (C=O) groups is 2. The van der Waals surface area contributed by atoms with Crippen LogP contribution in [0.5, 0.6) is 5.75 Å². The molecular formula is C24H22FN5O3S. The molecule has 1 aliphatic rings. The van der Waals surface area contributed by atoms with E-state index in [2.05, 4.69) is 20.5 Å². The van der Waals surface area contributed by atoms with Crippen LogP contribution in [0.25, 0.3) is 10.9 Å². The SMILES string of the molecule is COc1ccc2cc(C(=O)N3CCC[C@@H](c4nnc(C(=O)Nc5ccc(F)cc5)s4)C3)[nH]c2c1. The number of hydrogen-bond donors (Lipinski definition) is 2. The van der Waals surface area contributed by atoms with E-state index in [1.54, 1.807) is 7.11 Å². The predicted octanol–water partition coefficient (Wildman–Crippen LogP) is 4.44. The predicted molar refractivity (Wildman–Crippen MR) is 127 cm³/mol. The highest BCUT2D eigenvalue weighted by Crippen LogP contribution is 2.30. The summed E-state index contributed by atoms with van der Waals surface area (Å²) in [7, 11) is 1.61. The number of aromatic amines is 1. The molecule has 34 heavy (non-hydrogen) atoms. The molecule has 2 aromatic carbocycles. The summed E-state index contributed by atoms with van der Waals surface area (Å²) in [5.41, 5.74) is 1.85. The van der Waals surface area contributed by atoms with Gasteiger partial charge in [-0.25, -0.2) is 4.39 Å². The maximum atomic E-state index is 13.2. The Kier molecular flexibility index (Phi) is 5.97. The van der Waals surface area contributed by atoms with Crippen molar-refractivity contribution in [3.05, 3.63) is 70.1 Å². The van der Waals surface area contributed by atoms with E-state index < -0.39 is 5.91 Å². The highest BCUT2D eigenvalue weighted by molar-refractivity contribution is 7.13. The number of rotatable bonds is 5. The highest BCUT2D eigenvalue weighted by Gasteiger charge is 2.29. The van der Waals surface area contributed by atoms with Gasteiger partial charge in [-0.1, -0.05) is 11.3 Å². The lowest BCUT2D eigenvalue weighted by atomic mass is 9.98. The second kappa shape index (κ2) is 9.22. The molecule has 1 saturated heterocycles. The van der Waals surface area contributed by atoms with Crippen LogP contribution in [0.2, 0.25) is 0 Å². The fourth-order valence-electron chi connectivity index (χ4n) is 4.09. The van der Waals surface area contributed by atoms with Crippen LogP contribution in [0.1, 0.15) is 44.1 Å². The van der Waals surface area contributed by atoms with E-state index >= 15 is 0 Å². The standard InChI is InChI=1S/C24H22FN5O3S/c1-33-18-9-4-14-11-20(27-19(14)12-18)24(32)30-10-2-3-15(13-30)22-28-29-23(34-22)21(31)26-17-7-5-16(25)6-8-17/h4-9,11-12,15,27H,2-3,10,13H2,1H3,(H,26,31)/t15-/m1/s1. The Morgan fingerprint density at radius 1 is 1.18 bits per heavy atom. The van der Waals surface area contributed by atoms with Gasteiger partial charge in [0.25, 0.3) is 11.8 Å². The van der Waals surface area contributed by atoms with Gasteiger partial charge in [0.2, 0.25) is 5.01 Å². The number of fused-ring (bicyclic) bond motifs is 1. The first-order valence-electron chi connectivity index (χ1n) is 10.9. The van der Waals surface area contributed by atoms with Gasteiger partial charge in [-0.2, -0.15) is 0 Å². The average molecular weight is 480 g/mol. The van der Waals surface area contributed by atoms with Crippen molar-refractivity contribution < 1.29 is 18.7 Å². The second-order valence-electron chi connectivity index (χ2n) is 8.13. The molecule has 1 aliphatic heterocycles. The molecular weight excluding hydrogens is 457 g/mol. The summed E-state index contributed by atoms with van der Waals surface area (Å²) in [6.07, 6.45) is 1.70.